The Morgan fingerprint density at radius 3 is 2.57 bits per heavy atom. The third kappa shape index (κ3) is 4.74. The van der Waals surface area contributed by atoms with Crippen molar-refractivity contribution >= 4 is 6.98 Å². The SMILES string of the molecule is Cc1cnc(=O)n(C[B-](F)(F)F)c1.[K+]. The van der Waals surface area contributed by atoms with Crippen LogP contribution < -0.4 is 57.1 Å². The standard InChI is InChI=1S/C6H7BF3N2O.K/c1-5-2-11-6(13)12(3-5)4-7(8,9)10;/h2-3H,4H2,1H3;/q-1;+1. The first-order valence-corrected chi connectivity index (χ1v) is 3.62. The van der Waals surface area contributed by atoms with Crippen LogP contribution in [0, 0.1) is 6.92 Å². The van der Waals surface area contributed by atoms with E-state index in [-0.39, 0.29) is 51.4 Å². The zero-order chi connectivity index (χ0) is 10.1. The van der Waals surface area contributed by atoms with E-state index < -0.39 is 19.1 Å². The molecule has 0 saturated carbocycles. The van der Waals surface area contributed by atoms with Crippen LogP contribution in [0.15, 0.2) is 17.2 Å². The Balaban J connectivity index is 0.00000169. The van der Waals surface area contributed by atoms with E-state index in [9.17, 15) is 17.7 Å². The molecule has 14 heavy (non-hydrogen) atoms. The van der Waals surface area contributed by atoms with E-state index in [1.165, 1.54) is 6.20 Å². The molecule has 0 aromatic carbocycles. The van der Waals surface area contributed by atoms with Crippen LogP contribution >= 0.6 is 0 Å². The first-order chi connectivity index (χ1) is 5.88. The quantitative estimate of drug-likeness (QED) is 0.548. The number of rotatable bonds is 2. The number of halogens is 3. The monoisotopic (exact) mass is 230 g/mol. The molecule has 0 aliphatic rings. The Morgan fingerprint density at radius 1 is 1.50 bits per heavy atom. The van der Waals surface area contributed by atoms with E-state index in [2.05, 4.69) is 4.98 Å². The molecule has 0 saturated heterocycles. The molecule has 1 aromatic rings. The summed E-state index contributed by atoms with van der Waals surface area (Å²) in [5, 5.41) is 0. The third-order valence-electron chi connectivity index (χ3n) is 1.39. The molecule has 0 bridgehead atoms. The zero-order valence-corrected chi connectivity index (χ0v) is 11.0. The normalized spacial score (nSPS) is 10.9. The van der Waals surface area contributed by atoms with E-state index in [1.807, 2.05) is 0 Å². The van der Waals surface area contributed by atoms with E-state index in [4.69, 9.17) is 0 Å². The van der Waals surface area contributed by atoms with Gasteiger partial charge < -0.3 is 17.5 Å². The minimum atomic E-state index is -4.99. The molecule has 0 aliphatic heterocycles. The van der Waals surface area contributed by atoms with Crippen molar-refractivity contribution in [1.82, 2.24) is 9.55 Å². The van der Waals surface area contributed by atoms with Crippen LogP contribution in [0.2, 0.25) is 0 Å². The summed E-state index contributed by atoms with van der Waals surface area (Å²) in [6.07, 6.45) is 1.15. The molecule has 0 aliphatic carbocycles. The molecule has 0 spiro atoms. The van der Waals surface area contributed by atoms with Crippen LogP contribution in [-0.4, -0.2) is 16.5 Å². The topological polar surface area (TPSA) is 34.9 Å². The molecule has 0 N–H and O–H groups in total. The molecule has 72 valence electrons. The van der Waals surface area contributed by atoms with Crippen molar-refractivity contribution in [2.75, 3.05) is 0 Å². The molecular formula is C6H7BF3KN2O. The van der Waals surface area contributed by atoms with Crippen molar-refractivity contribution < 1.29 is 64.3 Å². The molecule has 0 fully saturated rings. The van der Waals surface area contributed by atoms with Crippen molar-refractivity contribution in [2.45, 2.75) is 13.4 Å². The van der Waals surface area contributed by atoms with Crippen molar-refractivity contribution in [2.24, 2.45) is 0 Å². The summed E-state index contributed by atoms with van der Waals surface area (Å²) in [6.45, 7) is -3.42. The summed E-state index contributed by atoms with van der Waals surface area (Å²) in [5.41, 5.74) is -0.343. The Labute approximate surface area is 121 Å². The molecule has 0 radical (unpaired) electrons. The average Bonchev–Trinajstić information content (AvgIpc) is 1.94. The maximum atomic E-state index is 11.9. The van der Waals surface area contributed by atoms with Crippen molar-refractivity contribution in [3.8, 4) is 0 Å². The van der Waals surface area contributed by atoms with Crippen molar-refractivity contribution in [3.63, 3.8) is 0 Å². The van der Waals surface area contributed by atoms with Crippen LogP contribution in [0.4, 0.5) is 12.9 Å². The molecule has 0 unspecified atom stereocenters. The van der Waals surface area contributed by atoms with Crippen LogP contribution in [0.1, 0.15) is 5.56 Å². The molecule has 3 nitrogen and oxygen atoms in total. The largest absolute Gasteiger partial charge is 1.00 e. The Bertz CT molecular complexity index is 365. The third-order valence-corrected chi connectivity index (χ3v) is 1.39. The van der Waals surface area contributed by atoms with Gasteiger partial charge >= 0.3 is 64.1 Å². The van der Waals surface area contributed by atoms with Gasteiger partial charge in [-0.05, 0) is 18.9 Å². The molecule has 1 heterocycles. The molecule has 1 rings (SSSR count). The van der Waals surface area contributed by atoms with Crippen LogP contribution in [0.3, 0.4) is 0 Å². The van der Waals surface area contributed by atoms with E-state index in [1.54, 1.807) is 6.92 Å². The summed E-state index contributed by atoms with van der Waals surface area (Å²) in [4.78, 5) is 14.1. The number of aromatic nitrogens is 2. The van der Waals surface area contributed by atoms with Gasteiger partial charge in [-0.2, -0.15) is 0 Å². The maximum absolute atomic E-state index is 11.9. The fourth-order valence-corrected chi connectivity index (χ4v) is 0.919. The van der Waals surface area contributed by atoms with Gasteiger partial charge in [-0.3, -0.25) is 0 Å². The summed E-state index contributed by atoms with van der Waals surface area (Å²) < 4.78 is 36.3. The predicted octanol–water partition coefficient (Wildman–Crippen LogP) is -2.06. The second-order valence-corrected chi connectivity index (χ2v) is 2.78. The zero-order valence-electron chi connectivity index (χ0n) is 7.88. The number of aryl methyl sites for hydroxylation is 1. The Morgan fingerprint density at radius 2 is 2.07 bits per heavy atom. The Hall–Kier alpha value is 0.371. The van der Waals surface area contributed by atoms with Gasteiger partial charge in [0, 0.05) is 12.4 Å². The van der Waals surface area contributed by atoms with Gasteiger partial charge in [0.1, 0.15) is 0 Å². The maximum Gasteiger partial charge on any atom is 1.00 e. The smallest absolute Gasteiger partial charge is 0.448 e. The molecule has 0 atom stereocenters. The molecular weight excluding hydrogens is 223 g/mol. The summed E-state index contributed by atoms with van der Waals surface area (Å²) in [5.74, 6) is 0. The van der Waals surface area contributed by atoms with E-state index >= 15 is 0 Å². The van der Waals surface area contributed by atoms with Gasteiger partial charge in [-0.25, -0.2) is 9.78 Å². The van der Waals surface area contributed by atoms with Gasteiger partial charge in [-0.15, -0.1) is 0 Å². The second kappa shape index (κ2) is 5.45. The van der Waals surface area contributed by atoms with Crippen LogP contribution in [-0.2, 0) is 6.44 Å². The molecule has 8 heteroatoms. The average molecular weight is 230 g/mol. The Kier molecular flexibility index (Phi) is 5.60. The first kappa shape index (κ1) is 14.4. The summed E-state index contributed by atoms with van der Waals surface area (Å²) >= 11 is 0. The van der Waals surface area contributed by atoms with E-state index in [0.717, 1.165) is 6.20 Å². The number of hydrogen-bond donors (Lipinski definition) is 0. The van der Waals surface area contributed by atoms with Gasteiger partial charge in [0.2, 0.25) is 0 Å². The fourth-order valence-electron chi connectivity index (χ4n) is 0.919. The van der Waals surface area contributed by atoms with Crippen molar-refractivity contribution in [1.29, 1.82) is 0 Å². The van der Waals surface area contributed by atoms with Gasteiger partial charge in [-0.1, -0.05) is 0 Å². The summed E-state index contributed by atoms with van der Waals surface area (Å²) in [6, 6.07) is 0. The van der Waals surface area contributed by atoms with E-state index in [0.29, 0.717) is 10.1 Å². The predicted molar refractivity (Wildman–Crippen MR) is 42.3 cm³/mol. The minimum Gasteiger partial charge on any atom is -0.448 e. The summed E-state index contributed by atoms with van der Waals surface area (Å²) in [7, 11) is 0. The minimum absolute atomic E-state index is 0. The molecule has 0 amide bonds. The van der Waals surface area contributed by atoms with Crippen LogP contribution in [0.25, 0.3) is 0 Å². The van der Waals surface area contributed by atoms with Crippen LogP contribution in [0.5, 0.6) is 0 Å². The van der Waals surface area contributed by atoms with Gasteiger partial charge in [0.25, 0.3) is 0 Å². The molecule has 1 aromatic heterocycles. The van der Waals surface area contributed by atoms with Gasteiger partial charge in [0.05, 0.1) is 0 Å². The second-order valence-electron chi connectivity index (χ2n) is 2.78. The fraction of sp³-hybridized carbons (Fsp3) is 0.333. The van der Waals surface area contributed by atoms with Crippen molar-refractivity contribution in [3.05, 3.63) is 28.4 Å². The van der Waals surface area contributed by atoms with Gasteiger partial charge in [0.15, 0.2) is 0 Å². The number of nitrogens with zero attached hydrogens (tertiary/aromatic N) is 2. The first-order valence-electron chi connectivity index (χ1n) is 3.62. The number of hydrogen-bond acceptors (Lipinski definition) is 2.